The van der Waals surface area contributed by atoms with Crippen LogP contribution in [0.2, 0.25) is 0 Å². The summed E-state index contributed by atoms with van der Waals surface area (Å²) in [5.74, 6) is -0.884. The first-order valence-electron chi connectivity index (χ1n) is 10.1. The van der Waals surface area contributed by atoms with E-state index in [0.717, 1.165) is 19.3 Å². The summed E-state index contributed by atoms with van der Waals surface area (Å²) in [5.41, 5.74) is 0.436. The van der Waals surface area contributed by atoms with Crippen LogP contribution in [0.15, 0.2) is 36.4 Å². The van der Waals surface area contributed by atoms with Gasteiger partial charge in [0.25, 0.3) is 5.91 Å². The second-order valence-corrected chi connectivity index (χ2v) is 7.64. The van der Waals surface area contributed by atoms with E-state index in [1.165, 1.54) is 10.7 Å². The molecule has 0 unspecified atom stereocenters. The van der Waals surface area contributed by atoms with Gasteiger partial charge >= 0.3 is 5.97 Å². The van der Waals surface area contributed by atoms with Gasteiger partial charge in [0.05, 0.1) is 5.69 Å². The molecule has 0 radical (unpaired) electrons. The Balaban J connectivity index is 1.42. The summed E-state index contributed by atoms with van der Waals surface area (Å²) in [5, 5.41) is 16.2. The van der Waals surface area contributed by atoms with Gasteiger partial charge in [-0.15, -0.1) is 0 Å². The van der Waals surface area contributed by atoms with Crippen LogP contribution in [0.1, 0.15) is 36.2 Å². The van der Waals surface area contributed by atoms with Crippen LogP contribution in [0, 0.1) is 5.92 Å². The van der Waals surface area contributed by atoms with Crippen molar-refractivity contribution >= 4 is 17.8 Å². The number of benzene rings is 1. The van der Waals surface area contributed by atoms with E-state index in [1.54, 1.807) is 29.2 Å². The number of carbonyl (C=O) groups is 3. The topological polar surface area (TPSA) is 114 Å². The van der Waals surface area contributed by atoms with Crippen LogP contribution < -0.4 is 10.1 Å². The number of nitrogens with zero attached hydrogens (tertiary/aromatic N) is 3. The Labute approximate surface area is 173 Å². The van der Waals surface area contributed by atoms with Crippen LogP contribution in [-0.2, 0) is 9.59 Å². The van der Waals surface area contributed by atoms with Crippen molar-refractivity contribution in [3.63, 3.8) is 0 Å². The Bertz CT molecular complexity index is 938. The van der Waals surface area contributed by atoms with Gasteiger partial charge in [0.2, 0.25) is 11.8 Å². The minimum Gasteiger partial charge on any atom is -0.476 e. The molecule has 4 rings (SSSR count). The zero-order valence-electron chi connectivity index (χ0n) is 16.5. The molecule has 0 spiro atoms. The second-order valence-electron chi connectivity index (χ2n) is 7.64. The fourth-order valence-electron chi connectivity index (χ4n) is 3.57. The normalized spacial score (nSPS) is 18.3. The number of nitrogens with one attached hydrogen (secondary N) is 1. The quantitative estimate of drug-likeness (QED) is 0.679. The monoisotopic (exact) mass is 412 g/mol. The maximum Gasteiger partial charge on any atom is 0.356 e. The van der Waals surface area contributed by atoms with E-state index in [0.29, 0.717) is 31.1 Å². The number of ether oxygens (including phenoxy) is 1. The zero-order valence-corrected chi connectivity index (χ0v) is 16.5. The number of rotatable bonds is 8. The van der Waals surface area contributed by atoms with Crippen LogP contribution >= 0.6 is 0 Å². The molecule has 1 saturated carbocycles. The molecule has 1 aliphatic carbocycles. The van der Waals surface area contributed by atoms with Gasteiger partial charge in [-0.1, -0.05) is 18.2 Å². The number of aromatic carboxylic acids is 1. The Kier molecular flexibility index (Phi) is 5.69. The molecule has 1 aromatic heterocycles. The molecule has 2 heterocycles. The van der Waals surface area contributed by atoms with Gasteiger partial charge in [-0.3, -0.25) is 9.59 Å². The van der Waals surface area contributed by atoms with Crippen molar-refractivity contribution in [2.75, 3.05) is 19.7 Å². The smallest absolute Gasteiger partial charge is 0.356 e. The molecule has 1 saturated heterocycles. The zero-order chi connectivity index (χ0) is 21.1. The molecule has 2 aliphatic rings. The van der Waals surface area contributed by atoms with E-state index < -0.39 is 12.0 Å². The average Bonchev–Trinajstić information content (AvgIpc) is 3.27. The average molecular weight is 412 g/mol. The lowest BCUT2D eigenvalue weighted by Gasteiger charge is -2.24. The van der Waals surface area contributed by atoms with Gasteiger partial charge in [-0.2, -0.15) is 5.10 Å². The predicted octanol–water partition coefficient (Wildman–Crippen LogP) is 1.47. The van der Waals surface area contributed by atoms with Gasteiger partial charge in [-0.25, -0.2) is 9.48 Å². The summed E-state index contributed by atoms with van der Waals surface area (Å²) in [7, 11) is 0. The second kappa shape index (κ2) is 8.56. The molecule has 30 heavy (non-hydrogen) atoms. The summed E-state index contributed by atoms with van der Waals surface area (Å²) in [6, 6.07) is 9.74. The maximum absolute atomic E-state index is 12.7. The minimum absolute atomic E-state index is 0.116. The highest BCUT2D eigenvalue weighted by atomic mass is 16.5. The van der Waals surface area contributed by atoms with E-state index in [9.17, 15) is 19.5 Å². The SMILES string of the molecule is O=C(O)c1cc(OCC(=O)N2CCC[C@H]2C(=O)NCC2CC2)n(-c2ccccc2)n1. The highest BCUT2D eigenvalue weighted by molar-refractivity contribution is 5.89. The van der Waals surface area contributed by atoms with E-state index in [4.69, 9.17) is 4.74 Å². The number of para-hydroxylation sites is 1. The number of hydrogen-bond acceptors (Lipinski definition) is 5. The number of carbonyl (C=O) groups excluding carboxylic acids is 2. The molecule has 9 heteroatoms. The molecular formula is C21H24N4O5. The Hall–Kier alpha value is -3.36. The summed E-state index contributed by atoms with van der Waals surface area (Å²) in [6.07, 6.45) is 3.69. The first kappa shape index (κ1) is 19.9. The number of aromatic nitrogens is 2. The van der Waals surface area contributed by atoms with Crippen LogP contribution in [0.4, 0.5) is 0 Å². The van der Waals surface area contributed by atoms with Crippen molar-refractivity contribution in [3.05, 3.63) is 42.1 Å². The number of likely N-dealkylation sites (tertiary alicyclic amines) is 1. The molecule has 2 amide bonds. The lowest BCUT2D eigenvalue weighted by atomic mass is 10.2. The third-order valence-electron chi connectivity index (χ3n) is 5.38. The predicted molar refractivity (Wildman–Crippen MR) is 106 cm³/mol. The number of hydrogen-bond donors (Lipinski definition) is 2. The van der Waals surface area contributed by atoms with E-state index in [-0.39, 0.29) is 30.0 Å². The fourth-order valence-corrected chi connectivity index (χ4v) is 3.57. The summed E-state index contributed by atoms with van der Waals surface area (Å²) in [6.45, 7) is 0.869. The van der Waals surface area contributed by atoms with Crippen LogP contribution in [0.25, 0.3) is 5.69 Å². The molecular weight excluding hydrogens is 388 g/mol. The highest BCUT2D eigenvalue weighted by Crippen LogP contribution is 2.28. The lowest BCUT2D eigenvalue weighted by molar-refractivity contribution is -0.140. The van der Waals surface area contributed by atoms with Crippen LogP contribution in [-0.4, -0.2) is 63.3 Å². The van der Waals surface area contributed by atoms with Crippen molar-refractivity contribution in [3.8, 4) is 11.6 Å². The van der Waals surface area contributed by atoms with Gasteiger partial charge in [0.1, 0.15) is 6.04 Å². The van der Waals surface area contributed by atoms with Crippen LogP contribution in [0.3, 0.4) is 0 Å². The minimum atomic E-state index is -1.19. The molecule has 2 fully saturated rings. The standard InChI is InChI=1S/C21H24N4O5/c26-18(24-10-4-7-17(24)20(27)22-12-14-8-9-14)13-30-19-11-16(21(28)29)23-25(19)15-5-2-1-3-6-15/h1-3,5-6,11,14,17H,4,7-10,12-13H2,(H,22,27)(H,28,29)/t17-/m0/s1. The molecule has 1 aromatic carbocycles. The first-order valence-corrected chi connectivity index (χ1v) is 10.1. The molecule has 9 nitrogen and oxygen atoms in total. The van der Waals surface area contributed by atoms with Crippen LogP contribution in [0.5, 0.6) is 5.88 Å². The van der Waals surface area contributed by atoms with Gasteiger partial charge < -0.3 is 20.1 Å². The van der Waals surface area contributed by atoms with E-state index >= 15 is 0 Å². The molecule has 2 aromatic rings. The number of carboxylic acids is 1. The van der Waals surface area contributed by atoms with E-state index in [1.807, 2.05) is 6.07 Å². The van der Waals surface area contributed by atoms with Gasteiger partial charge in [-0.05, 0) is 43.7 Å². The lowest BCUT2D eigenvalue weighted by Crippen LogP contribution is -2.47. The third-order valence-corrected chi connectivity index (χ3v) is 5.38. The summed E-state index contributed by atoms with van der Waals surface area (Å²) in [4.78, 5) is 38.1. The molecule has 0 bridgehead atoms. The number of carboxylic acid groups (broad SMARTS) is 1. The van der Waals surface area contributed by atoms with Gasteiger partial charge in [0, 0.05) is 19.2 Å². The Morgan fingerprint density at radius 1 is 1.17 bits per heavy atom. The first-order chi connectivity index (χ1) is 14.5. The van der Waals surface area contributed by atoms with Crippen molar-refractivity contribution in [2.45, 2.75) is 31.7 Å². The largest absolute Gasteiger partial charge is 0.476 e. The Morgan fingerprint density at radius 3 is 2.63 bits per heavy atom. The van der Waals surface area contributed by atoms with Crippen molar-refractivity contribution in [1.29, 1.82) is 0 Å². The molecule has 158 valence electrons. The number of amides is 2. The maximum atomic E-state index is 12.7. The fraction of sp³-hybridized carbons (Fsp3) is 0.429. The van der Waals surface area contributed by atoms with Crippen molar-refractivity contribution < 1.29 is 24.2 Å². The molecule has 1 atom stereocenters. The molecule has 1 aliphatic heterocycles. The van der Waals surface area contributed by atoms with E-state index in [2.05, 4.69) is 10.4 Å². The highest BCUT2D eigenvalue weighted by Gasteiger charge is 2.35. The summed E-state index contributed by atoms with van der Waals surface area (Å²) < 4.78 is 6.99. The Morgan fingerprint density at radius 2 is 1.93 bits per heavy atom. The summed E-state index contributed by atoms with van der Waals surface area (Å²) >= 11 is 0. The van der Waals surface area contributed by atoms with Crippen molar-refractivity contribution in [2.24, 2.45) is 5.92 Å². The third kappa shape index (κ3) is 4.45. The van der Waals surface area contributed by atoms with Gasteiger partial charge in [0.15, 0.2) is 12.3 Å². The molecule has 2 N–H and O–H groups in total. The van der Waals surface area contributed by atoms with Crippen molar-refractivity contribution in [1.82, 2.24) is 20.0 Å².